The number of hydrogen-bond donors (Lipinski definition) is 5. The molecular weight excluding hydrogens is 624 g/mol. The Bertz CT molecular complexity index is 1740. The van der Waals surface area contributed by atoms with Gasteiger partial charge < -0.3 is 36.4 Å². The van der Waals surface area contributed by atoms with Crippen molar-refractivity contribution >= 4 is 86.1 Å². The van der Waals surface area contributed by atoms with E-state index in [1.54, 1.807) is 0 Å². The average molecular weight is 650 g/mol. The summed E-state index contributed by atoms with van der Waals surface area (Å²) in [7, 11) is 0. The largest absolute Gasteiger partial charge is 0.478 e. The Morgan fingerprint density at radius 1 is 1.35 bits per heavy atom. The first kappa shape index (κ1) is 30.1. The van der Waals surface area contributed by atoms with Crippen LogP contribution in [0.5, 0.6) is 0 Å². The van der Waals surface area contributed by atoms with Crippen LogP contribution in [-0.2, 0) is 37.1 Å². The number of fused-ring (bicyclic) bond motifs is 2. The minimum Gasteiger partial charge on any atom is -0.478 e. The molecule has 0 aromatic carbocycles. The van der Waals surface area contributed by atoms with Crippen molar-refractivity contribution in [3.8, 4) is 0 Å². The summed E-state index contributed by atoms with van der Waals surface area (Å²) < 4.78 is 3.81. The van der Waals surface area contributed by atoms with Crippen molar-refractivity contribution in [2.75, 3.05) is 17.2 Å². The number of rotatable bonds is 10. The number of anilines is 2. The molecule has 0 spiro atoms. The predicted molar refractivity (Wildman–Crippen MR) is 158 cm³/mol. The quantitative estimate of drug-likeness (QED) is 0.0897. The number of hydrogen-bond acceptors (Lipinski definition) is 11. The van der Waals surface area contributed by atoms with E-state index in [4.69, 9.17) is 33.0 Å². The molecule has 1 fully saturated rings. The molecule has 1 saturated heterocycles. The molecule has 7 N–H and O–H groups in total. The second-order valence-electron chi connectivity index (χ2n) is 9.54. The maximum absolute atomic E-state index is 13.3. The van der Waals surface area contributed by atoms with Crippen molar-refractivity contribution in [2.24, 2.45) is 5.16 Å². The first-order valence-corrected chi connectivity index (χ1v) is 15.0. The lowest BCUT2D eigenvalue weighted by Crippen LogP contribution is -2.71. The number of nitrogens with one attached hydrogen (secondary N) is 1. The van der Waals surface area contributed by atoms with Crippen molar-refractivity contribution in [1.82, 2.24) is 19.8 Å². The molecule has 2 unspecified atom stereocenters. The summed E-state index contributed by atoms with van der Waals surface area (Å²) in [6.45, 7) is 4.04. The van der Waals surface area contributed by atoms with Gasteiger partial charge >= 0.3 is 11.9 Å². The van der Waals surface area contributed by atoms with Gasteiger partial charge in [-0.3, -0.25) is 14.5 Å². The van der Waals surface area contributed by atoms with Gasteiger partial charge in [-0.2, -0.15) is 4.57 Å². The molecule has 3 aromatic rings. The van der Waals surface area contributed by atoms with Crippen LogP contribution in [0, 0.1) is 0 Å². The third-order valence-electron chi connectivity index (χ3n) is 6.88. The lowest BCUT2D eigenvalue weighted by molar-refractivity contribution is -0.663. The lowest BCUT2D eigenvalue weighted by Gasteiger charge is -2.49. The highest BCUT2D eigenvalue weighted by molar-refractivity contribution is 8.00. The van der Waals surface area contributed by atoms with Crippen LogP contribution in [0.3, 0.4) is 0 Å². The number of thioether (sulfide) groups is 1. The number of halogens is 1. The highest BCUT2D eigenvalue weighted by Gasteiger charge is 2.55. The number of amides is 2. The number of pyridine rings is 1. The number of aliphatic carboxylic acids is 2. The first-order valence-electron chi connectivity index (χ1n) is 12.8. The number of nitrogen functional groups attached to an aromatic ring is 2. The molecule has 2 amide bonds. The predicted octanol–water partition coefficient (Wildman–Crippen LogP) is 0.856. The highest BCUT2D eigenvalue weighted by Crippen LogP contribution is 2.40. The number of carbonyl (C=O) groups excluding carboxylic acids is 2. The van der Waals surface area contributed by atoms with E-state index in [0.29, 0.717) is 17.9 Å². The van der Waals surface area contributed by atoms with Crippen molar-refractivity contribution in [3.63, 3.8) is 0 Å². The van der Waals surface area contributed by atoms with Crippen molar-refractivity contribution in [2.45, 2.75) is 44.5 Å². The standard InChI is InChI=1S/C25H25ClN8O7S2/c1-3-33-12-5-4-6-32(13(12)7-14(33)27)8-11-9-42-22-17(21(36)34(22)18(11)24(39)40)29-20(35)16(31-41-10(2)23(37)38)15-19(26)43-25(28)30-15/h4-7,10,17,22,27H,3,8-9H2,1-2H3,(H5,28,29,30,35,37,38,39,40)/p+1/t10-,17?,22?/m0/s1. The summed E-state index contributed by atoms with van der Waals surface area (Å²) in [5.41, 5.74) is 13.3. The van der Waals surface area contributed by atoms with Gasteiger partial charge in [-0.05, 0) is 19.9 Å². The second kappa shape index (κ2) is 11.7. The summed E-state index contributed by atoms with van der Waals surface area (Å²) in [4.78, 5) is 60.2. The van der Waals surface area contributed by atoms with E-state index in [-0.39, 0.29) is 33.2 Å². The maximum Gasteiger partial charge on any atom is 0.352 e. The summed E-state index contributed by atoms with van der Waals surface area (Å²) >= 11 is 8.31. The molecule has 43 heavy (non-hydrogen) atoms. The number of thiazole rings is 1. The third kappa shape index (κ3) is 5.46. The Kier molecular flexibility index (Phi) is 8.22. The fourth-order valence-electron chi connectivity index (χ4n) is 4.84. The summed E-state index contributed by atoms with van der Waals surface area (Å²) in [6.07, 6.45) is 0.408. The van der Waals surface area contributed by atoms with Crippen LogP contribution in [-0.4, -0.2) is 77.4 Å². The van der Waals surface area contributed by atoms with Gasteiger partial charge in [0.15, 0.2) is 23.6 Å². The zero-order chi connectivity index (χ0) is 31.2. The molecule has 0 radical (unpaired) electrons. The van der Waals surface area contributed by atoms with Gasteiger partial charge in [0.25, 0.3) is 11.8 Å². The third-order valence-corrected chi connectivity index (χ3v) is 9.31. The number of aromatic nitrogens is 3. The molecule has 226 valence electrons. The van der Waals surface area contributed by atoms with E-state index in [1.165, 1.54) is 18.7 Å². The minimum atomic E-state index is -1.41. The Morgan fingerprint density at radius 3 is 2.72 bits per heavy atom. The van der Waals surface area contributed by atoms with E-state index in [2.05, 4.69) is 15.5 Å². The molecule has 2 aliphatic heterocycles. The van der Waals surface area contributed by atoms with Crippen LogP contribution in [0.2, 0.25) is 4.34 Å². The topological polar surface area (TPSA) is 219 Å². The summed E-state index contributed by atoms with van der Waals surface area (Å²) in [5, 5.41) is 24.7. The fraction of sp³-hybridized carbons (Fsp3) is 0.320. The second-order valence-corrected chi connectivity index (χ2v) is 12.3. The SMILES string of the molecule is CCn1c(N)cc2c1ccc[n+]2CC1=C(C(=O)O)N2C(=O)C(NC(=O)C(=NO[C@@H](C)C(=O)O)c3nc(N)sc3Cl)C2SC1. The van der Waals surface area contributed by atoms with Crippen LogP contribution < -0.4 is 21.4 Å². The normalized spacial score (nSPS) is 19.2. The average Bonchev–Trinajstić information content (AvgIpc) is 3.47. The summed E-state index contributed by atoms with van der Waals surface area (Å²) in [5.74, 6) is -3.35. The highest BCUT2D eigenvalue weighted by atomic mass is 35.5. The van der Waals surface area contributed by atoms with E-state index < -0.39 is 47.0 Å². The van der Waals surface area contributed by atoms with E-state index in [0.717, 1.165) is 27.3 Å². The molecule has 3 aromatic heterocycles. The smallest absolute Gasteiger partial charge is 0.352 e. The maximum atomic E-state index is 13.3. The molecule has 3 atom stereocenters. The van der Waals surface area contributed by atoms with Crippen molar-refractivity contribution in [1.29, 1.82) is 0 Å². The van der Waals surface area contributed by atoms with Crippen LogP contribution in [0.15, 0.2) is 40.8 Å². The molecule has 5 heterocycles. The Labute approximate surface area is 256 Å². The van der Waals surface area contributed by atoms with Gasteiger partial charge in [0, 0.05) is 23.9 Å². The van der Waals surface area contributed by atoms with Gasteiger partial charge in [-0.25, -0.2) is 14.6 Å². The Morgan fingerprint density at radius 2 is 2.09 bits per heavy atom. The van der Waals surface area contributed by atoms with Crippen molar-refractivity contribution < 1.29 is 38.8 Å². The van der Waals surface area contributed by atoms with Gasteiger partial charge in [-0.15, -0.1) is 11.8 Å². The van der Waals surface area contributed by atoms with Gasteiger partial charge in [0.05, 0.1) is 6.07 Å². The van der Waals surface area contributed by atoms with E-state index in [9.17, 15) is 24.3 Å². The Balaban J connectivity index is 1.40. The van der Waals surface area contributed by atoms with Crippen LogP contribution in [0.25, 0.3) is 11.0 Å². The number of carboxylic acid groups (broad SMARTS) is 2. The van der Waals surface area contributed by atoms with E-state index in [1.807, 2.05) is 40.5 Å². The molecule has 5 rings (SSSR count). The van der Waals surface area contributed by atoms with E-state index >= 15 is 0 Å². The monoisotopic (exact) mass is 649 g/mol. The Hall–Kier alpha value is -4.35. The number of carboxylic acids is 2. The fourth-order valence-corrected chi connectivity index (χ4v) is 7.10. The molecule has 0 saturated carbocycles. The number of nitrogens with two attached hydrogens (primary N) is 2. The van der Waals surface area contributed by atoms with Crippen LogP contribution in [0.4, 0.5) is 10.9 Å². The zero-order valence-corrected chi connectivity index (χ0v) is 25.1. The number of carbonyl (C=O) groups is 4. The molecule has 0 aliphatic carbocycles. The summed E-state index contributed by atoms with van der Waals surface area (Å²) in [6, 6.07) is 4.48. The van der Waals surface area contributed by atoms with Crippen molar-refractivity contribution in [3.05, 3.63) is 45.7 Å². The van der Waals surface area contributed by atoms with Gasteiger partial charge in [0.1, 0.15) is 38.5 Å². The minimum absolute atomic E-state index is 0.00382. The number of nitrogens with zero attached hydrogens (tertiary/aromatic N) is 5. The van der Waals surface area contributed by atoms with Crippen LogP contribution in [0.1, 0.15) is 19.5 Å². The molecule has 2 aliphatic rings. The van der Waals surface area contributed by atoms with Gasteiger partial charge in [0.2, 0.25) is 11.6 Å². The lowest BCUT2D eigenvalue weighted by atomic mass is 10.0. The molecule has 15 nitrogen and oxygen atoms in total. The first-order chi connectivity index (χ1) is 20.4. The number of β-lactam (4-membered cyclic amide) rings is 1. The molecular formula is C25H26ClN8O7S2+. The molecule has 0 bridgehead atoms. The van der Waals surface area contributed by atoms with Gasteiger partial charge in [-0.1, -0.05) is 28.1 Å². The zero-order valence-electron chi connectivity index (χ0n) is 22.7. The number of aryl methyl sites for hydroxylation is 1. The van der Waals surface area contributed by atoms with Crippen LogP contribution >= 0.6 is 34.7 Å². The number of oxime groups is 1. The molecule has 18 heteroatoms.